The normalized spacial score (nSPS) is 16.9. The molecule has 1 aromatic heterocycles. The highest BCUT2D eigenvalue weighted by atomic mass is 35.5. The third-order valence-electron chi connectivity index (χ3n) is 8.32. The molecule has 4 aromatic rings. The molecule has 0 bridgehead atoms. The zero-order valence-electron chi connectivity index (χ0n) is 23.0. The first-order valence-corrected chi connectivity index (χ1v) is 14.5. The maximum absolute atomic E-state index is 13.4. The Morgan fingerprint density at radius 3 is 2.30 bits per heavy atom. The van der Waals surface area contributed by atoms with Crippen LogP contribution in [0.2, 0.25) is 5.02 Å². The number of nitrogens with zero attached hydrogens (tertiary/aromatic N) is 5. The van der Waals surface area contributed by atoms with Crippen molar-refractivity contribution in [3.8, 4) is 5.75 Å². The molecular weight excluding hydrogens is 522 g/mol. The number of hydrogen-bond acceptors (Lipinski definition) is 5. The van der Waals surface area contributed by atoms with Gasteiger partial charge in [-0.25, -0.2) is 4.98 Å². The van der Waals surface area contributed by atoms with E-state index in [4.69, 9.17) is 21.3 Å². The molecule has 0 spiro atoms. The van der Waals surface area contributed by atoms with Gasteiger partial charge in [-0.1, -0.05) is 48.0 Å². The van der Waals surface area contributed by atoms with Crippen LogP contribution in [0.3, 0.4) is 0 Å². The van der Waals surface area contributed by atoms with Crippen LogP contribution < -0.4 is 9.64 Å². The predicted octanol–water partition coefficient (Wildman–Crippen LogP) is 5.31. The number of aromatic nitrogens is 2. The number of likely N-dealkylation sites (tertiary alicyclic amines) is 1. The number of methoxy groups -OCH3 is 1. The van der Waals surface area contributed by atoms with E-state index in [1.54, 1.807) is 7.11 Å². The molecule has 2 aliphatic rings. The fourth-order valence-corrected chi connectivity index (χ4v) is 6.26. The van der Waals surface area contributed by atoms with E-state index in [1.807, 2.05) is 36.4 Å². The Balaban J connectivity index is 1.06. The third-order valence-corrected chi connectivity index (χ3v) is 8.64. The van der Waals surface area contributed by atoms with Crippen LogP contribution >= 0.6 is 11.6 Å². The van der Waals surface area contributed by atoms with Gasteiger partial charge in [0.1, 0.15) is 11.6 Å². The Morgan fingerprint density at radius 1 is 0.875 bits per heavy atom. The lowest BCUT2D eigenvalue weighted by Gasteiger charge is -2.39. The molecule has 8 heteroatoms. The molecule has 6 rings (SSSR count). The molecule has 0 aliphatic carbocycles. The quantitative estimate of drug-likeness (QED) is 0.308. The number of anilines is 1. The summed E-state index contributed by atoms with van der Waals surface area (Å²) >= 11 is 6.40. The van der Waals surface area contributed by atoms with Gasteiger partial charge in [-0.05, 0) is 67.9 Å². The number of amides is 1. The number of piperidine rings is 1. The smallest absolute Gasteiger partial charge is 0.225 e. The molecule has 0 atom stereocenters. The zero-order chi connectivity index (χ0) is 27.5. The van der Waals surface area contributed by atoms with Crippen LogP contribution in [0.1, 0.15) is 24.2 Å². The van der Waals surface area contributed by atoms with Gasteiger partial charge in [0.2, 0.25) is 5.91 Å². The first-order chi connectivity index (χ1) is 19.6. The van der Waals surface area contributed by atoms with Crippen molar-refractivity contribution in [2.24, 2.45) is 5.92 Å². The minimum atomic E-state index is 0.0984. The predicted molar refractivity (Wildman–Crippen MR) is 160 cm³/mol. The molecule has 208 valence electrons. The first-order valence-electron chi connectivity index (χ1n) is 14.2. The molecule has 3 heterocycles. The molecular formula is C32H36ClN5O2. The summed E-state index contributed by atoms with van der Waals surface area (Å²) in [7, 11) is 1.69. The van der Waals surface area contributed by atoms with Gasteiger partial charge in [0, 0.05) is 38.6 Å². The van der Waals surface area contributed by atoms with E-state index in [-0.39, 0.29) is 5.92 Å². The molecule has 3 aromatic carbocycles. The van der Waals surface area contributed by atoms with Gasteiger partial charge in [0.15, 0.2) is 0 Å². The molecule has 2 aliphatic heterocycles. The molecule has 2 saturated heterocycles. The Hall–Kier alpha value is -3.55. The van der Waals surface area contributed by atoms with E-state index < -0.39 is 0 Å². The number of carbonyl (C=O) groups is 1. The molecule has 7 nitrogen and oxygen atoms in total. The molecule has 0 unspecified atom stereocenters. The number of hydrogen-bond donors (Lipinski definition) is 0. The summed E-state index contributed by atoms with van der Waals surface area (Å²) in [4.78, 5) is 25.2. The summed E-state index contributed by atoms with van der Waals surface area (Å²) in [6.45, 7) is 6.48. The van der Waals surface area contributed by atoms with Crippen LogP contribution in [-0.2, 0) is 17.9 Å². The van der Waals surface area contributed by atoms with Crippen LogP contribution in [0, 0.1) is 5.92 Å². The van der Waals surface area contributed by atoms with Crippen LogP contribution in [0.25, 0.3) is 11.0 Å². The summed E-state index contributed by atoms with van der Waals surface area (Å²) in [5, 5.41) is 0.771. The number of piperazine rings is 1. The van der Waals surface area contributed by atoms with E-state index in [1.165, 1.54) is 5.56 Å². The van der Waals surface area contributed by atoms with Crippen molar-refractivity contribution in [2.45, 2.75) is 25.9 Å². The van der Waals surface area contributed by atoms with Gasteiger partial charge in [-0.2, -0.15) is 0 Å². The van der Waals surface area contributed by atoms with E-state index in [9.17, 15) is 4.79 Å². The SMILES string of the molecule is COc1ccc(Cn2c(CN3CCC(C(=O)N4CCN(c5ccccc5Cl)CC4)CC3)nc3ccccc32)cc1. The molecule has 2 fully saturated rings. The second-order valence-corrected chi connectivity index (χ2v) is 11.2. The number of rotatable bonds is 7. The van der Waals surface area contributed by atoms with Crippen molar-refractivity contribution in [3.05, 3.63) is 89.2 Å². The van der Waals surface area contributed by atoms with Crippen molar-refractivity contribution in [1.29, 1.82) is 0 Å². The highest BCUT2D eigenvalue weighted by Gasteiger charge is 2.31. The molecule has 0 radical (unpaired) electrons. The second-order valence-electron chi connectivity index (χ2n) is 10.8. The minimum Gasteiger partial charge on any atom is -0.497 e. The molecule has 0 saturated carbocycles. The fourth-order valence-electron chi connectivity index (χ4n) is 6.01. The Labute approximate surface area is 240 Å². The number of fused-ring (bicyclic) bond motifs is 1. The van der Waals surface area contributed by atoms with E-state index in [0.29, 0.717) is 5.91 Å². The van der Waals surface area contributed by atoms with Gasteiger partial charge < -0.3 is 19.1 Å². The van der Waals surface area contributed by atoms with Crippen LogP contribution in [0.5, 0.6) is 5.75 Å². The monoisotopic (exact) mass is 557 g/mol. The second kappa shape index (κ2) is 11.9. The number of imidazole rings is 1. The summed E-state index contributed by atoms with van der Waals surface area (Å²) in [5.41, 5.74) is 4.44. The highest BCUT2D eigenvalue weighted by molar-refractivity contribution is 6.33. The number of halogens is 1. The van der Waals surface area contributed by atoms with Gasteiger partial charge in [-0.3, -0.25) is 9.69 Å². The van der Waals surface area contributed by atoms with Crippen molar-refractivity contribution in [3.63, 3.8) is 0 Å². The van der Waals surface area contributed by atoms with E-state index >= 15 is 0 Å². The first kappa shape index (κ1) is 26.7. The average molecular weight is 558 g/mol. The topological polar surface area (TPSA) is 53.8 Å². The Morgan fingerprint density at radius 2 is 1.57 bits per heavy atom. The summed E-state index contributed by atoms with van der Waals surface area (Å²) in [6, 6.07) is 24.5. The van der Waals surface area contributed by atoms with Gasteiger partial charge in [0.05, 0.1) is 35.4 Å². The summed E-state index contributed by atoms with van der Waals surface area (Å²) < 4.78 is 7.66. The van der Waals surface area contributed by atoms with Crippen LogP contribution in [-0.4, -0.2) is 71.6 Å². The van der Waals surface area contributed by atoms with Gasteiger partial charge >= 0.3 is 0 Å². The van der Waals surface area contributed by atoms with E-state index in [0.717, 1.165) is 98.5 Å². The largest absolute Gasteiger partial charge is 0.497 e. The highest BCUT2D eigenvalue weighted by Crippen LogP contribution is 2.28. The third kappa shape index (κ3) is 5.67. The van der Waals surface area contributed by atoms with Crippen molar-refractivity contribution in [2.75, 3.05) is 51.3 Å². The van der Waals surface area contributed by atoms with Crippen molar-refractivity contribution < 1.29 is 9.53 Å². The fraction of sp³-hybridized carbons (Fsp3) is 0.375. The van der Waals surface area contributed by atoms with Crippen LogP contribution in [0.4, 0.5) is 5.69 Å². The van der Waals surface area contributed by atoms with Crippen LogP contribution in [0.15, 0.2) is 72.8 Å². The Kier molecular flexibility index (Phi) is 7.93. The van der Waals surface area contributed by atoms with Gasteiger partial charge in [0.25, 0.3) is 0 Å². The average Bonchev–Trinajstić information content (AvgIpc) is 3.34. The Bertz CT molecular complexity index is 1450. The number of ether oxygens (including phenoxy) is 1. The van der Waals surface area contributed by atoms with Gasteiger partial charge in [-0.15, -0.1) is 0 Å². The number of carbonyl (C=O) groups excluding carboxylic acids is 1. The number of benzene rings is 3. The molecule has 0 N–H and O–H groups in total. The lowest BCUT2D eigenvalue weighted by atomic mass is 9.95. The summed E-state index contributed by atoms with van der Waals surface area (Å²) in [5.74, 6) is 2.34. The molecule has 40 heavy (non-hydrogen) atoms. The summed E-state index contributed by atoms with van der Waals surface area (Å²) in [6.07, 6.45) is 1.78. The van der Waals surface area contributed by atoms with E-state index in [2.05, 4.69) is 55.7 Å². The standard InChI is InChI=1S/C32H36ClN5O2/c1-40-26-12-10-24(11-13-26)22-38-30-9-5-3-7-28(30)34-31(38)23-35-16-14-25(15-17-35)32(39)37-20-18-36(19-21-37)29-8-4-2-6-27(29)33/h2-13,25H,14-23H2,1H3. The lowest BCUT2D eigenvalue weighted by Crippen LogP contribution is -2.51. The number of para-hydroxylation sites is 3. The minimum absolute atomic E-state index is 0.0984. The maximum atomic E-state index is 13.4. The van der Waals surface area contributed by atoms with Crippen molar-refractivity contribution in [1.82, 2.24) is 19.4 Å². The molecule has 1 amide bonds. The van der Waals surface area contributed by atoms with Crippen molar-refractivity contribution >= 4 is 34.2 Å². The maximum Gasteiger partial charge on any atom is 0.225 e. The zero-order valence-corrected chi connectivity index (χ0v) is 23.8. The lowest BCUT2D eigenvalue weighted by molar-refractivity contribution is -0.137.